The van der Waals surface area contributed by atoms with Gasteiger partial charge in [0.15, 0.2) is 5.13 Å². The molecule has 0 fully saturated rings. The van der Waals surface area contributed by atoms with Crippen molar-refractivity contribution in [3.8, 4) is 10.6 Å². The number of halogens is 2. The van der Waals surface area contributed by atoms with Crippen LogP contribution in [-0.4, -0.2) is 26.7 Å². The van der Waals surface area contributed by atoms with Crippen LogP contribution in [0.5, 0.6) is 0 Å². The minimum atomic E-state index is -0.513. The number of anilines is 3. The van der Waals surface area contributed by atoms with E-state index in [9.17, 15) is 9.50 Å². The molecule has 0 amide bonds. The summed E-state index contributed by atoms with van der Waals surface area (Å²) in [7, 11) is 0. The summed E-state index contributed by atoms with van der Waals surface area (Å²) in [5.41, 5.74) is 2.87. The third-order valence-corrected chi connectivity index (χ3v) is 7.06. The Morgan fingerprint density at radius 2 is 2.06 bits per heavy atom. The number of rotatable bonds is 8. The predicted molar refractivity (Wildman–Crippen MR) is 130 cm³/mol. The minimum absolute atomic E-state index is 0.222. The monoisotopic (exact) mass is 489 g/mol. The standard InChI is InChI=1S/C22H21ClFN5OS2/c1-3-20-26-12(2)21(32-20)18-11-31-22(28-18)29-19-7-4-13(9-25-19)17(10-30)27-16-6-5-14(23)8-15(16)24/h4-9,11,17,27,30H,3,10H2,1-2H3,(H,25,28,29). The molecule has 166 valence electrons. The second-order valence-corrected chi connectivity index (χ2v) is 9.40. The quantitative estimate of drug-likeness (QED) is 0.273. The lowest BCUT2D eigenvalue weighted by atomic mass is 10.1. The third-order valence-electron chi connectivity index (χ3n) is 4.75. The normalized spacial score (nSPS) is 12.0. The van der Waals surface area contributed by atoms with Crippen molar-refractivity contribution in [2.45, 2.75) is 26.3 Å². The van der Waals surface area contributed by atoms with Gasteiger partial charge in [-0.3, -0.25) is 0 Å². The summed E-state index contributed by atoms with van der Waals surface area (Å²) in [6.45, 7) is 3.87. The number of benzene rings is 1. The SMILES string of the molecule is CCc1nc(C)c(-c2csc(Nc3ccc(C(CO)Nc4ccc(Cl)cc4F)cn3)n2)s1. The van der Waals surface area contributed by atoms with Crippen molar-refractivity contribution in [3.05, 3.63) is 69.0 Å². The molecule has 0 radical (unpaired) electrons. The summed E-state index contributed by atoms with van der Waals surface area (Å²) in [4.78, 5) is 14.7. The van der Waals surface area contributed by atoms with Crippen molar-refractivity contribution >= 4 is 50.9 Å². The Labute approximate surface area is 198 Å². The summed E-state index contributed by atoms with van der Waals surface area (Å²) >= 11 is 8.96. The molecular weight excluding hydrogens is 469 g/mol. The largest absolute Gasteiger partial charge is 0.394 e. The molecule has 1 aromatic carbocycles. The lowest BCUT2D eigenvalue weighted by molar-refractivity contribution is 0.276. The highest BCUT2D eigenvalue weighted by atomic mass is 35.5. The molecule has 0 saturated carbocycles. The van der Waals surface area contributed by atoms with Gasteiger partial charge >= 0.3 is 0 Å². The van der Waals surface area contributed by atoms with E-state index in [-0.39, 0.29) is 12.3 Å². The topological polar surface area (TPSA) is 83.0 Å². The first-order chi connectivity index (χ1) is 15.5. The summed E-state index contributed by atoms with van der Waals surface area (Å²) in [6, 6.07) is 7.46. The van der Waals surface area contributed by atoms with E-state index in [0.717, 1.165) is 38.4 Å². The number of aryl methyl sites for hydroxylation is 2. The van der Waals surface area contributed by atoms with Gasteiger partial charge in [-0.15, -0.1) is 22.7 Å². The van der Waals surface area contributed by atoms with E-state index in [4.69, 9.17) is 11.6 Å². The number of aliphatic hydroxyl groups is 1. The molecule has 0 saturated heterocycles. The van der Waals surface area contributed by atoms with Crippen molar-refractivity contribution in [2.24, 2.45) is 0 Å². The Kier molecular flexibility index (Phi) is 7.00. The van der Waals surface area contributed by atoms with Crippen LogP contribution in [0.1, 0.15) is 29.2 Å². The van der Waals surface area contributed by atoms with E-state index in [1.54, 1.807) is 29.7 Å². The summed E-state index contributed by atoms with van der Waals surface area (Å²) in [6.07, 6.45) is 2.55. The van der Waals surface area contributed by atoms with Crippen molar-refractivity contribution < 1.29 is 9.50 Å². The van der Waals surface area contributed by atoms with E-state index in [1.165, 1.54) is 23.5 Å². The number of aliphatic hydroxyl groups excluding tert-OH is 1. The number of thiazole rings is 2. The molecule has 0 aliphatic heterocycles. The lowest BCUT2D eigenvalue weighted by Gasteiger charge is -2.18. The van der Waals surface area contributed by atoms with Crippen LogP contribution >= 0.6 is 34.3 Å². The Morgan fingerprint density at radius 3 is 2.72 bits per heavy atom. The van der Waals surface area contributed by atoms with Crippen molar-refractivity contribution in [2.75, 3.05) is 17.2 Å². The van der Waals surface area contributed by atoms with E-state index in [0.29, 0.717) is 10.8 Å². The Hall–Kier alpha value is -2.59. The Morgan fingerprint density at radius 1 is 1.22 bits per heavy atom. The molecule has 1 atom stereocenters. The first-order valence-electron chi connectivity index (χ1n) is 9.94. The molecule has 6 nitrogen and oxygen atoms in total. The molecule has 10 heteroatoms. The van der Waals surface area contributed by atoms with Crippen molar-refractivity contribution in [1.82, 2.24) is 15.0 Å². The van der Waals surface area contributed by atoms with Crippen LogP contribution in [0.15, 0.2) is 41.9 Å². The molecule has 0 bridgehead atoms. The highest BCUT2D eigenvalue weighted by Gasteiger charge is 2.15. The van der Waals surface area contributed by atoms with Gasteiger partial charge in [-0.2, -0.15) is 0 Å². The van der Waals surface area contributed by atoms with Crippen LogP contribution in [0.3, 0.4) is 0 Å². The van der Waals surface area contributed by atoms with Gasteiger partial charge in [-0.1, -0.05) is 24.6 Å². The molecule has 0 aliphatic carbocycles. The van der Waals surface area contributed by atoms with Gasteiger partial charge in [0, 0.05) is 16.6 Å². The predicted octanol–water partition coefficient (Wildman–Crippen LogP) is 6.21. The molecular formula is C22H21ClFN5OS2. The summed E-state index contributed by atoms with van der Waals surface area (Å²) in [5, 5.41) is 20.1. The van der Waals surface area contributed by atoms with Crippen molar-refractivity contribution in [3.63, 3.8) is 0 Å². The summed E-state index contributed by atoms with van der Waals surface area (Å²) in [5.74, 6) is 0.142. The molecule has 4 rings (SSSR count). The molecule has 0 spiro atoms. The third kappa shape index (κ3) is 5.07. The zero-order valence-corrected chi connectivity index (χ0v) is 19.8. The fourth-order valence-electron chi connectivity index (χ4n) is 3.10. The highest BCUT2D eigenvalue weighted by molar-refractivity contribution is 7.16. The number of nitrogens with zero attached hydrogens (tertiary/aromatic N) is 3. The number of hydrogen-bond donors (Lipinski definition) is 3. The Bertz CT molecular complexity index is 1210. The zero-order valence-electron chi connectivity index (χ0n) is 17.4. The molecule has 3 heterocycles. The number of pyridine rings is 1. The van der Waals surface area contributed by atoms with E-state index in [2.05, 4.69) is 32.5 Å². The average Bonchev–Trinajstić information content (AvgIpc) is 3.40. The van der Waals surface area contributed by atoms with Crippen LogP contribution in [0.4, 0.5) is 21.0 Å². The maximum atomic E-state index is 14.1. The van der Waals surface area contributed by atoms with Gasteiger partial charge in [0.25, 0.3) is 0 Å². The fraction of sp³-hybridized carbons (Fsp3) is 0.227. The second-order valence-electron chi connectivity index (χ2n) is 7.02. The zero-order chi connectivity index (χ0) is 22.7. The molecule has 3 aromatic heterocycles. The van der Waals surface area contributed by atoms with Gasteiger partial charge in [0.2, 0.25) is 0 Å². The summed E-state index contributed by atoms with van der Waals surface area (Å²) < 4.78 is 14.1. The first kappa shape index (κ1) is 22.6. The van der Waals surface area contributed by atoms with Gasteiger partial charge in [-0.25, -0.2) is 19.3 Å². The Balaban J connectivity index is 1.45. The lowest BCUT2D eigenvalue weighted by Crippen LogP contribution is -2.16. The molecule has 0 aliphatic rings. The van der Waals surface area contributed by atoms with Gasteiger partial charge in [0.1, 0.15) is 11.6 Å². The van der Waals surface area contributed by atoms with Crippen LogP contribution in [0.25, 0.3) is 10.6 Å². The van der Waals surface area contributed by atoms with Gasteiger partial charge in [0.05, 0.1) is 39.6 Å². The van der Waals surface area contributed by atoms with E-state index >= 15 is 0 Å². The van der Waals surface area contributed by atoms with Gasteiger partial charge < -0.3 is 15.7 Å². The van der Waals surface area contributed by atoms with E-state index in [1.807, 2.05) is 18.4 Å². The van der Waals surface area contributed by atoms with Crippen molar-refractivity contribution in [1.29, 1.82) is 0 Å². The smallest absolute Gasteiger partial charge is 0.188 e. The highest BCUT2D eigenvalue weighted by Crippen LogP contribution is 2.33. The van der Waals surface area contributed by atoms with Crippen LogP contribution < -0.4 is 10.6 Å². The molecule has 1 unspecified atom stereocenters. The maximum absolute atomic E-state index is 14.1. The van der Waals surface area contributed by atoms with Crippen LogP contribution in [0, 0.1) is 12.7 Å². The van der Waals surface area contributed by atoms with Gasteiger partial charge in [-0.05, 0) is 43.2 Å². The second kappa shape index (κ2) is 9.91. The number of nitrogens with one attached hydrogen (secondary N) is 2. The fourth-order valence-corrected chi connectivity index (χ4v) is 5.01. The average molecular weight is 490 g/mol. The minimum Gasteiger partial charge on any atom is -0.394 e. The molecule has 32 heavy (non-hydrogen) atoms. The van der Waals surface area contributed by atoms with Crippen LogP contribution in [0.2, 0.25) is 5.02 Å². The molecule has 4 aromatic rings. The van der Waals surface area contributed by atoms with Crippen LogP contribution in [-0.2, 0) is 6.42 Å². The maximum Gasteiger partial charge on any atom is 0.188 e. The molecule has 3 N–H and O–H groups in total. The number of hydrogen-bond acceptors (Lipinski definition) is 8. The first-order valence-corrected chi connectivity index (χ1v) is 12.0. The van der Waals surface area contributed by atoms with E-state index < -0.39 is 11.9 Å². The number of aromatic nitrogens is 3.